The third-order valence-electron chi connectivity index (χ3n) is 20.4. The van der Waals surface area contributed by atoms with E-state index in [4.69, 9.17) is 10.5 Å². The van der Waals surface area contributed by atoms with E-state index >= 15 is 0 Å². The van der Waals surface area contributed by atoms with Crippen LogP contribution in [0.15, 0.2) is 24.3 Å². The molecule has 0 spiro atoms. The second-order valence-electron chi connectivity index (χ2n) is 27.2. The molecule has 2 nitrogen and oxygen atoms in total. The molecule has 0 radical (unpaired) electrons. The molecule has 0 heterocycles. The van der Waals surface area contributed by atoms with Gasteiger partial charge < -0.3 is 69.1 Å². The number of nitrogens with zero attached hydrogens (tertiary/aromatic N) is 2. The Kier molecular flexibility index (Phi) is 53.5. The minimum Gasteiger partial charge on any atom is -0.418 e. The van der Waals surface area contributed by atoms with Crippen molar-refractivity contribution in [2.24, 2.45) is 0 Å². The predicted octanol–water partition coefficient (Wildman–Crippen LogP) is 26.7. The van der Waals surface area contributed by atoms with Gasteiger partial charge in [0.25, 0.3) is 0 Å². The minimum atomic E-state index is -6.00. The smallest absolute Gasteiger partial charge is 0.418 e. The number of halogens is 16. The van der Waals surface area contributed by atoms with Gasteiger partial charge >= 0.3 is 69.9 Å². The summed E-state index contributed by atoms with van der Waals surface area (Å²) in [6, 6.07) is 14.8. The molecule has 0 N–H and O–H groups in total. The van der Waals surface area contributed by atoms with E-state index in [1.54, 1.807) is 267 Å². The summed E-state index contributed by atoms with van der Waals surface area (Å²) in [4.78, 5) is 0. The molecule has 0 unspecified atom stereocenters. The summed E-state index contributed by atoms with van der Waals surface area (Å²) in [5.41, 5.74) is 8.93. The molecule has 8 aliphatic carbocycles. The van der Waals surface area contributed by atoms with Gasteiger partial charge in [-0.15, -0.1) is 0 Å². The molecule has 1 aromatic carbocycles. The van der Waals surface area contributed by atoms with Gasteiger partial charge in [-0.1, -0.05) is 220 Å². The Balaban J connectivity index is 0.00000141. The van der Waals surface area contributed by atoms with Crippen molar-refractivity contribution in [1.29, 1.82) is 10.5 Å². The van der Waals surface area contributed by atoms with Crippen LogP contribution in [-0.4, -0.2) is 124 Å². The molecule has 9 rings (SSSR count). The first kappa shape index (κ1) is 95.3. The fourth-order valence-electron chi connectivity index (χ4n) is 16.5. The largest absolute Gasteiger partial charge is 2.00 e. The first-order valence-corrected chi connectivity index (χ1v) is 46.4. The van der Waals surface area contributed by atoms with Gasteiger partial charge in [-0.05, 0) is 214 Å². The van der Waals surface area contributed by atoms with E-state index in [9.17, 15) is 69.1 Å². The van der Waals surface area contributed by atoms with Crippen LogP contribution in [0.25, 0.3) is 0 Å². The molecule has 0 amide bonds. The maximum Gasteiger partial charge on any atom is 2.00 e. The molecular formula is C66H114B4F16N2P6Pd2. The molecule has 8 fully saturated rings. The van der Waals surface area contributed by atoms with Crippen molar-refractivity contribution in [2.45, 2.75) is 316 Å². The number of benzene rings is 1. The Hall–Kier alpha value is 1.24. The molecule has 1 aromatic rings. The van der Waals surface area contributed by atoms with Crippen molar-refractivity contribution >= 4 is 87.2 Å². The molecule has 0 atom stereocenters. The molecule has 8 aliphatic rings. The zero-order valence-corrected chi connectivity index (χ0v) is 65.9. The molecule has 0 bridgehead atoms. The van der Waals surface area contributed by atoms with E-state index in [2.05, 4.69) is 24.3 Å². The molecular weight excluding hydrogens is 1570 g/mol. The van der Waals surface area contributed by atoms with E-state index in [1.807, 2.05) is 10.6 Å². The summed E-state index contributed by atoms with van der Waals surface area (Å²) < 4.78 is 156. The molecule has 96 heavy (non-hydrogen) atoms. The van der Waals surface area contributed by atoms with Gasteiger partial charge in [0.2, 0.25) is 0 Å². The summed E-state index contributed by atoms with van der Waals surface area (Å²) in [6.45, 7) is 2.86. The SMILES string of the molecule is CC#N.CC#N.F[B-](F)(F)F.F[B-](F)(F)F.F[B-](F)(F)F.F[B-](F)(F)F.[Pd+2].[Pd+2].c1cc(P(CCP(C2CCCCC2)C2CCCCC2)CCP(C2CCCCC2)C2CCCCC2)cc(P(CCP(C2CCCCC2)C2CCCCC2)CCP(C2CCCCC2)C2CCCCC2)c1. The molecule has 0 saturated heterocycles. The van der Waals surface area contributed by atoms with Crippen LogP contribution in [0.1, 0.15) is 271 Å². The van der Waals surface area contributed by atoms with E-state index in [1.165, 1.54) is 65.2 Å². The van der Waals surface area contributed by atoms with Crippen LogP contribution in [0.2, 0.25) is 0 Å². The zero-order valence-electron chi connectivity index (χ0n) is 57.4. The van der Waals surface area contributed by atoms with E-state index < -0.39 is 29.0 Å². The Bertz CT molecular complexity index is 1800. The number of rotatable bonds is 22. The summed E-state index contributed by atoms with van der Waals surface area (Å²) >= 11 is 0. The van der Waals surface area contributed by atoms with Crippen LogP contribution in [0, 0.1) is 22.7 Å². The van der Waals surface area contributed by atoms with Crippen molar-refractivity contribution in [3.05, 3.63) is 24.3 Å². The van der Waals surface area contributed by atoms with Crippen LogP contribution in [0.4, 0.5) is 69.1 Å². The summed E-state index contributed by atoms with van der Waals surface area (Å²) in [7, 11) is -23.4. The molecule has 0 aliphatic heterocycles. The van der Waals surface area contributed by atoms with Crippen LogP contribution in [0.5, 0.6) is 0 Å². The van der Waals surface area contributed by atoms with Gasteiger partial charge in [0.05, 0.1) is 12.1 Å². The first-order chi connectivity index (χ1) is 44.6. The minimum absolute atomic E-state index is 0. The van der Waals surface area contributed by atoms with Crippen LogP contribution in [-0.2, 0) is 40.8 Å². The van der Waals surface area contributed by atoms with Gasteiger partial charge in [-0.2, -0.15) is 10.5 Å². The molecule has 0 aromatic heterocycles. The standard InChI is InChI=1S/C62H108P6.2C2H3N.4BF4.2Pd/c1-9-26-53(27-10-1)65(54-28-11-2-12-29-54)48-44-63(45-49-66(55-30-13-3-14-31-55)56-32-15-4-16-33-56)61-42-25-43-62(52-61)64(46-50-67(57-34-17-5-18-35-57)58-36-19-6-20-37-58)47-51-68(59-38-21-7-22-39-59)60-40-23-8-24-41-60;2*1-2-3;4*2-1(3,4)5;;/h25,42-43,52-60H,1-24,26-41,44-51H2;2*1H3;;;;;;/q;;;4*-1;2*+2. The van der Waals surface area contributed by atoms with Crippen LogP contribution < -0.4 is 10.6 Å². The Morgan fingerprint density at radius 3 is 0.531 bits per heavy atom. The first-order valence-electron chi connectivity index (χ1n) is 36.3. The number of nitriles is 2. The summed E-state index contributed by atoms with van der Waals surface area (Å²) in [6.07, 6.45) is 75.8. The van der Waals surface area contributed by atoms with Crippen LogP contribution >= 0.6 is 47.5 Å². The van der Waals surface area contributed by atoms with Gasteiger partial charge in [-0.3, -0.25) is 0 Å². The average Bonchev–Trinajstić information content (AvgIpc) is 0.873. The van der Waals surface area contributed by atoms with Gasteiger partial charge in [0.1, 0.15) is 0 Å². The summed E-state index contributed by atoms with van der Waals surface area (Å²) in [5.74, 6) is 0. The third kappa shape index (κ3) is 46.3. The summed E-state index contributed by atoms with van der Waals surface area (Å²) in [5, 5.41) is 18.5. The quantitative estimate of drug-likeness (QED) is 0.0660. The number of hydrogen-bond donors (Lipinski definition) is 0. The second kappa shape index (κ2) is 53.9. The maximum atomic E-state index is 9.75. The Morgan fingerprint density at radius 1 is 0.281 bits per heavy atom. The average molecular weight is 1680 g/mol. The maximum absolute atomic E-state index is 9.75. The monoisotopic (exact) mass is 1680 g/mol. The van der Waals surface area contributed by atoms with E-state index in [0.29, 0.717) is 0 Å². The van der Waals surface area contributed by atoms with E-state index in [-0.39, 0.29) is 88.4 Å². The molecule has 8 saturated carbocycles. The normalized spacial score (nSPS) is 20.6. The van der Waals surface area contributed by atoms with Crippen molar-refractivity contribution in [1.82, 2.24) is 0 Å². The number of hydrogen-bond acceptors (Lipinski definition) is 2. The fourth-order valence-corrected chi connectivity index (χ4v) is 40.4. The second-order valence-corrected chi connectivity index (χ2v) is 43.9. The third-order valence-corrected chi connectivity index (χ3v) is 41.5. The van der Waals surface area contributed by atoms with Crippen molar-refractivity contribution in [2.75, 3.05) is 49.3 Å². The van der Waals surface area contributed by atoms with E-state index in [0.717, 1.165) is 45.3 Å². The van der Waals surface area contributed by atoms with Crippen molar-refractivity contribution in [3.63, 3.8) is 0 Å². The van der Waals surface area contributed by atoms with Crippen molar-refractivity contribution < 1.29 is 110 Å². The molecule has 562 valence electrons. The topological polar surface area (TPSA) is 47.6 Å². The van der Waals surface area contributed by atoms with Crippen LogP contribution in [0.3, 0.4) is 0 Å². The van der Waals surface area contributed by atoms with Gasteiger partial charge in [0, 0.05) is 13.8 Å². The Morgan fingerprint density at radius 2 is 0.406 bits per heavy atom. The fraction of sp³-hybridized carbons (Fsp3) is 0.879. The predicted molar refractivity (Wildman–Crippen MR) is 384 cm³/mol. The zero-order chi connectivity index (χ0) is 69.4. The molecule has 30 heteroatoms. The Labute approximate surface area is 605 Å². The van der Waals surface area contributed by atoms with Gasteiger partial charge in [-0.25, -0.2) is 0 Å². The van der Waals surface area contributed by atoms with Gasteiger partial charge in [0.15, 0.2) is 0 Å². The van der Waals surface area contributed by atoms with Crippen molar-refractivity contribution in [3.8, 4) is 12.1 Å².